The van der Waals surface area contributed by atoms with Gasteiger partial charge in [0.1, 0.15) is 5.75 Å². The molecule has 6 heteroatoms. The maximum atomic E-state index is 12.3. The van der Waals surface area contributed by atoms with Crippen molar-refractivity contribution in [3.63, 3.8) is 0 Å². The number of carbonyl (C=O) groups excluding carboxylic acids is 1. The van der Waals surface area contributed by atoms with Crippen LogP contribution in [-0.2, 0) is 11.3 Å². The van der Waals surface area contributed by atoms with Gasteiger partial charge in [-0.2, -0.15) is 0 Å². The van der Waals surface area contributed by atoms with E-state index < -0.39 is 0 Å². The predicted molar refractivity (Wildman–Crippen MR) is 84.7 cm³/mol. The molecule has 3 rings (SSSR count). The Labute approximate surface area is 134 Å². The van der Waals surface area contributed by atoms with Crippen LogP contribution in [0, 0.1) is 0 Å². The highest BCUT2D eigenvalue weighted by atomic mass is 16.3. The second-order valence-electron chi connectivity index (χ2n) is 5.68. The molecular formula is C17H19N3O3. The molecule has 1 aliphatic heterocycles. The highest BCUT2D eigenvalue weighted by molar-refractivity contribution is 5.95. The fourth-order valence-electron chi connectivity index (χ4n) is 2.98. The monoisotopic (exact) mass is 313 g/mol. The highest BCUT2D eigenvalue weighted by Crippen LogP contribution is 2.37. The Morgan fingerprint density at radius 1 is 1.26 bits per heavy atom. The average molecular weight is 313 g/mol. The van der Waals surface area contributed by atoms with Crippen molar-refractivity contribution >= 4 is 5.91 Å². The third-order valence-corrected chi connectivity index (χ3v) is 4.12. The Balaban J connectivity index is 1.78. The second kappa shape index (κ2) is 6.16. The van der Waals surface area contributed by atoms with Gasteiger partial charge in [0, 0.05) is 31.1 Å². The number of aliphatic hydroxyl groups is 1. The molecule has 0 aliphatic carbocycles. The minimum absolute atomic E-state index is 0.146. The summed E-state index contributed by atoms with van der Waals surface area (Å²) in [7, 11) is 0. The van der Waals surface area contributed by atoms with E-state index in [9.17, 15) is 15.0 Å². The number of amides is 1. The van der Waals surface area contributed by atoms with Gasteiger partial charge < -0.3 is 19.7 Å². The SMILES string of the molecule is CC1=C(O)C(=O)N(CCCn2ccnc2)C1c1cccc(O)c1. The van der Waals surface area contributed by atoms with Gasteiger partial charge in [-0.1, -0.05) is 12.1 Å². The van der Waals surface area contributed by atoms with Crippen LogP contribution >= 0.6 is 0 Å². The summed E-state index contributed by atoms with van der Waals surface area (Å²) in [5, 5.41) is 19.7. The minimum atomic E-state index is -0.360. The van der Waals surface area contributed by atoms with Gasteiger partial charge in [0.05, 0.1) is 12.4 Å². The summed E-state index contributed by atoms with van der Waals surface area (Å²) in [5.74, 6) is -0.407. The fraction of sp³-hybridized carbons (Fsp3) is 0.294. The number of phenolic OH excluding ortho intramolecular Hbond substituents is 1. The number of hydrogen-bond donors (Lipinski definition) is 2. The van der Waals surface area contributed by atoms with Crippen molar-refractivity contribution in [3.8, 4) is 5.75 Å². The summed E-state index contributed by atoms with van der Waals surface area (Å²) < 4.78 is 1.95. The molecule has 0 bridgehead atoms. The topological polar surface area (TPSA) is 78.6 Å². The third kappa shape index (κ3) is 2.92. The molecule has 2 aromatic rings. The first-order chi connectivity index (χ1) is 11.1. The number of rotatable bonds is 5. The van der Waals surface area contributed by atoms with Crippen molar-refractivity contribution in [3.05, 3.63) is 59.9 Å². The van der Waals surface area contributed by atoms with E-state index in [1.807, 2.05) is 16.8 Å². The van der Waals surface area contributed by atoms with E-state index in [1.54, 1.807) is 42.5 Å². The number of carbonyl (C=O) groups is 1. The molecule has 1 aromatic carbocycles. The van der Waals surface area contributed by atoms with Crippen molar-refractivity contribution in [2.45, 2.75) is 25.9 Å². The minimum Gasteiger partial charge on any atom is -0.508 e. The maximum absolute atomic E-state index is 12.3. The Hall–Kier alpha value is -2.76. The lowest BCUT2D eigenvalue weighted by Crippen LogP contribution is -2.31. The molecule has 2 N–H and O–H groups in total. The fourth-order valence-corrected chi connectivity index (χ4v) is 2.98. The van der Waals surface area contributed by atoms with Gasteiger partial charge in [-0.3, -0.25) is 4.79 Å². The second-order valence-corrected chi connectivity index (χ2v) is 5.68. The van der Waals surface area contributed by atoms with E-state index in [1.165, 1.54) is 0 Å². The molecule has 1 aromatic heterocycles. The van der Waals surface area contributed by atoms with Crippen LogP contribution in [0.1, 0.15) is 24.9 Å². The number of phenols is 1. The van der Waals surface area contributed by atoms with Crippen LogP contribution in [0.15, 0.2) is 54.3 Å². The molecule has 0 radical (unpaired) electrons. The molecule has 1 aliphatic rings. The standard InChI is InChI=1S/C17H19N3O3/c1-12-15(13-4-2-5-14(21)10-13)20(17(23)16(12)22)8-3-7-19-9-6-18-11-19/h2,4-6,9-11,15,21-22H,3,7-8H2,1H3. The number of imidazole rings is 1. The molecule has 23 heavy (non-hydrogen) atoms. The Kier molecular flexibility index (Phi) is 4.06. The van der Waals surface area contributed by atoms with Crippen molar-refractivity contribution in [2.24, 2.45) is 0 Å². The van der Waals surface area contributed by atoms with Crippen molar-refractivity contribution in [2.75, 3.05) is 6.54 Å². The van der Waals surface area contributed by atoms with Gasteiger partial charge >= 0.3 is 0 Å². The number of nitrogens with zero attached hydrogens (tertiary/aromatic N) is 3. The molecule has 0 saturated carbocycles. The van der Waals surface area contributed by atoms with Crippen LogP contribution in [0.4, 0.5) is 0 Å². The smallest absolute Gasteiger partial charge is 0.289 e. The third-order valence-electron chi connectivity index (χ3n) is 4.12. The van der Waals surface area contributed by atoms with E-state index in [0.717, 1.165) is 18.5 Å². The van der Waals surface area contributed by atoms with Gasteiger partial charge in [-0.25, -0.2) is 4.98 Å². The van der Waals surface area contributed by atoms with E-state index in [2.05, 4.69) is 4.98 Å². The molecule has 6 nitrogen and oxygen atoms in total. The van der Waals surface area contributed by atoms with Crippen molar-refractivity contribution in [1.29, 1.82) is 0 Å². The number of aromatic nitrogens is 2. The number of hydrogen-bond acceptors (Lipinski definition) is 4. The molecule has 120 valence electrons. The van der Waals surface area contributed by atoms with E-state index in [0.29, 0.717) is 12.1 Å². The molecule has 0 spiro atoms. The van der Waals surface area contributed by atoms with E-state index in [4.69, 9.17) is 0 Å². The first-order valence-electron chi connectivity index (χ1n) is 7.53. The summed E-state index contributed by atoms with van der Waals surface area (Å²) in [6.07, 6.45) is 6.07. The summed E-state index contributed by atoms with van der Waals surface area (Å²) in [4.78, 5) is 18.0. The summed E-state index contributed by atoms with van der Waals surface area (Å²) in [6.45, 7) is 3.01. The largest absolute Gasteiger partial charge is 0.508 e. The lowest BCUT2D eigenvalue weighted by Gasteiger charge is -2.26. The van der Waals surface area contributed by atoms with Crippen LogP contribution in [0.2, 0.25) is 0 Å². The lowest BCUT2D eigenvalue weighted by atomic mass is 10.0. The molecule has 0 saturated heterocycles. The normalized spacial score (nSPS) is 18.0. The Morgan fingerprint density at radius 2 is 2.09 bits per heavy atom. The quantitative estimate of drug-likeness (QED) is 0.888. The molecule has 1 unspecified atom stereocenters. The average Bonchev–Trinajstić information content (AvgIpc) is 3.11. The number of aliphatic hydroxyl groups excluding tert-OH is 1. The summed E-state index contributed by atoms with van der Waals surface area (Å²) in [5.41, 5.74) is 1.41. The van der Waals surface area contributed by atoms with Crippen LogP contribution in [0.3, 0.4) is 0 Å². The van der Waals surface area contributed by atoms with E-state index in [-0.39, 0.29) is 23.5 Å². The lowest BCUT2D eigenvalue weighted by molar-refractivity contribution is -0.129. The predicted octanol–water partition coefficient (Wildman–Crippen LogP) is 2.39. The first kappa shape index (κ1) is 15.1. The zero-order valence-corrected chi connectivity index (χ0v) is 12.9. The maximum Gasteiger partial charge on any atom is 0.289 e. The van der Waals surface area contributed by atoms with Crippen molar-refractivity contribution in [1.82, 2.24) is 14.5 Å². The number of benzene rings is 1. The van der Waals surface area contributed by atoms with Crippen LogP contribution in [-0.4, -0.2) is 37.1 Å². The number of aryl methyl sites for hydroxylation is 1. The van der Waals surface area contributed by atoms with Gasteiger partial charge in [0.15, 0.2) is 5.76 Å². The van der Waals surface area contributed by atoms with Gasteiger partial charge in [0.25, 0.3) is 5.91 Å². The Bertz CT molecular complexity index is 737. The summed E-state index contributed by atoms with van der Waals surface area (Å²) >= 11 is 0. The van der Waals surface area contributed by atoms with Crippen LogP contribution in [0.25, 0.3) is 0 Å². The Morgan fingerprint density at radius 3 is 2.78 bits per heavy atom. The van der Waals surface area contributed by atoms with Gasteiger partial charge in [0.2, 0.25) is 0 Å². The zero-order chi connectivity index (χ0) is 16.4. The van der Waals surface area contributed by atoms with E-state index >= 15 is 0 Å². The molecule has 2 heterocycles. The van der Waals surface area contributed by atoms with Crippen LogP contribution < -0.4 is 0 Å². The molecule has 0 fully saturated rings. The molecular weight excluding hydrogens is 294 g/mol. The van der Waals surface area contributed by atoms with Gasteiger partial charge in [-0.15, -0.1) is 0 Å². The first-order valence-corrected chi connectivity index (χ1v) is 7.53. The zero-order valence-electron chi connectivity index (χ0n) is 12.9. The van der Waals surface area contributed by atoms with Crippen molar-refractivity contribution < 1.29 is 15.0 Å². The number of aromatic hydroxyl groups is 1. The summed E-state index contributed by atoms with van der Waals surface area (Å²) in [6, 6.07) is 6.47. The van der Waals surface area contributed by atoms with Gasteiger partial charge in [-0.05, 0) is 31.0 Å². The highest BCUT2D eigenvalue weighted by Gasteiger charge is 2.37. The molecule has 1 amide bonds. The molecule has 1 atom stereocenters. The van der Waals surface area contributed by atoms with Crippen LogP contribution in [0.5, 0.6) is 5.75 Å².